The van der Waals surface area contributed by atoms with Gasteiger partial charge in [0.05, 0.1) is 17.8 Å². The Hall–Kier alpha value is -1.50. The summed E-state index contributed by atoms with van der Waals surface area (Å²) in [4.78, 5) is 5.69. The monoisotopic (exact) mass is 358 g/mol. The average Bonchev–Trinajstić information content (AvgIpc) is 2.94. The number of halogens is 1. The molecule has 0 saturated carbocycles. The van der Waals surface area contributed by atoms with Crippen molar-refractivity contribution in [2.24, 2.45) is 0 Å². The molecule has 0 aliphatic rings. The number of hydrogen-bond acceptors (Lipinski definition) is 4. The number of aromatic amines is 1. The lowest BCUT2D eigenvalue weighted by Crippen LogP contribution is -2.10. The van der Waals surface area contributed by atoms with E-state index in [0.717, 1.165) is 23.5 Å². The van der Waals surface area contributed by atoms with Gasteiger partial charge in [-0.25, -0.2) is 8.42 Å². The van der Waals surface area contributed by atoms with Crippen LogP contribution in [0.25, 0.3) is 11.3 Å². The fraction of sp³-hybridized carbons (Fsp3) is 0.375. The van der Waals surface area contributed by atoms with E-state index in [1.807, 2.05) is 26.2 Å². The third-order valence-corrected chi connectivity index (χ3v) is 5.17. The summed E-state index contributed by atoms with van der Waals surface area (Å²) in [5.41, 5.74) is 2.66. The molecule has 1 N–H and O–H groups in total. The SMILES string of the molecule is CCS(=O)(=O)c1ccc(OC)c(-c2ccc(CN(C)C)[nH]2)c1.Cl. The lowest BCUT2D eigenvalue weighted by Gasteiger charge is -2.10. The van der Waals surface area contributed by atoms with Gasteiger partial charge in [0, 0.05) is 23.5 Å². The zero-order valence-electron chi connectivity index (χ0n) is 13.8. The van der Waals surface area contributed by atoms with Crippen molar-refractivity contribution in [2.75, 3.05) is 27.0 Å². The maximum absolute atomic E-state index is 12.1. The van der Waals surface area contributed by atoms with Crippen molar-refractivity contribution in [1.29, 1.82) is 0 Å². The van der Waals surface area contributed by atoms with Gasteiger partial charge in [-0.2, -0.15) is 0 Å². The van der Waals surface area contributed by atoms with Crippen LogP contribution in [0.2, 0.25) is 0 Å². The van der Waals surface area contributed by atoms with Crippen molar-refractivity contribution in [3.8, 4) is 17.0 Å². The Morgan fingerprint density at radius 1 is 1.17 bits per heavy atom. The van der Waals surface area contributed by atoms with Gasteiger partial charge in [0.15, 0.2) is 9.84 Å². The summed E-state index contributed by atoms with van der Waals surface area (Å²) < 4.78 is 29.5. The van der Waals surface area contributed by atoms with E-state index in [0.29, 0.717) is 10.6 Å². The molecule has 23 heavy (non-hydrogen) atoms. The normalized spacial score (nSPS) is 11.3. The minimum atomic E-state index is -3.24. The Morgan fingerprint density at radius 2 is 1.87 bits per heavy atom. The van der Waals surface area contributed by atoms with E-state index in [-0.39, 0.29) is 18.2 Å². The highest BCUT2D eigenvalue weighted by Gasteiger charge is 2.16. The molecule has 0 fully saturated rings. The lowest BCUT2D eigenvalue weighted by atomic mass is 10.1. The van der Waals surface area contributed by atoms with Crippen molar-refractivity contribution < 1.29 is 13.2 Å². The fourth-order valence-corrected chi connectivity index (χ4v) is 3.19. The Balaban J connectivity index is 0.00000264. The van der Waals surface area contributed by atoms with Crippen molar-refractivity contribution in [1.82, 2.24) is 9.88 Å². The minimum absolute atomic E-state index is 0. The van der Waals surface area contributed by atoms with Crippen LogP contribution in [0.4, 0.5) is 0 Å². The van der Waals surface area contributed by atoms with Gasteiger partial charge in [0.2, 0.25) is 0 Å². The Labute approximate surface area is 144 Å². The molecule has 2 aromatic rings. The minimum Gasteiger partial charge on any atom is -0.496 e. The highest BCUT2D eigenvalue weighted by atomic mass is 35.5. The summed E-state index contributed by atoms with van der Waals surface area (Å²) in [5, 5.41) is 0. The van der Waals surface area contributed by atoms with E-state index in [1.54, 1.807) is 32.2 Å². The Morgan fingerprint density at radius 3 is 2.43 bits per heavy atom. The van der Waals surface area contributed by atoms with Gasteiger partial charge in [0.25, 0.3) is 0 Å². The molecule has 0 radical (unpaired) electrons. The molecule has 1 heterocycles. The second-order valence-electron chi connectivity index (χ2n) is 5.40. The van der Waals surface area contributed by atoms with Gasteiger partial charge < -0.3 is 14.6 Å². The van der Waals surface area contributed by atoms with Crippen molar-refractivity contribution in [2.45, 2.75) is 18.4 Å². The standard InChI is InChI=1S/C16H22N2O3S.ClH/c1-5-22(19,20)13-7-9-16(21-4)14(10-13)15-8-6-12(17-15)11-18(2)3;/h6-10,17H,5,11H2,1-4H3;1H. The smallest absolute Gasteiger partial charge is 0.178 e. The first-order valence-electron chi connectivity index (χ1n) is 7.11. The molecule has 0 amide bonds. The predicted molar refractivity (Wildman–Crippen MR) is 95.1 cm³/mol. The number of sulfone groups is 1. The van der Waals surface area contributed by atoms with Gasteiger partial charge in [-0.1, -0.05) is 6.92 Å². The van der Waals surface area contributed by atoms with E-state index in [2.05, 4.69) is 9.88 Å². The molecule has 1 aromatic heterocycles. The average molecular weight is 359 g/mol. The first-order chi connectivity index (χ1) is 10.4. The number of ether oxygens (including phenoxy) is 1. The van der Waals surface area contributed by atoms with E-state index < -0.39 is 9.84 Å². The number of H-pyrrole nitrogens is 1. The summed E-state index contributed by atoms with van der Waals surface area (Å²) in [5.74, 6) is 0.725. The number of nitrogens with zero attached hydrogens (tertiary/aromatic N) is 1. The molecule has 0 atom stereocenters. The third-order valence-electron chi connectivity index (χ3n) is 3.43. The van der Waals surface area contributed by atoms with Gasteiger partial charge in [-0.05, 0) is 44.4 Å². The van der Waals surface area contributed by atoms with Crippen LogP contribution >= 0.6 is 12.4 Å². The van der Waals surface area contributed by atoms with Crippen molar-refractivity contribution >= 4 is 22.2 Å². The van der Waals surface area contributed by atoms with Crippen LogP contribution in [-0.4, -0.2) is 45.3 Å². The maximum atomic E-state index is 12.1. The summed E-state index contributed by atoms with van der Waals surface area (Å²) in [7, 11) is 2.33. The highest BCUT2D eigenvalue weighted by Crippen LogP contribution is 2.32. The molecule has 1 aromatic carbocycles. The van der Waals surface area contributed by atoms with Crippen LogP contribution in [0.3, 0.4) is 0 Å². The van der Waals surface area contributed by atoms with Crippen LogP contribution in [-0.2, 0) is 16.4 Å². The van der Waals surface area contributed by atoms with Crippen LogP contribution in [0.5, 0.6) is 5.75 Å². The molecule has 128 valence electrons. The predicted octanol–water partition coefficient (Wildman–Crippen LogP) is 2.97. The summed E-state index contributed by atoms with van der Waals surface area (Å²) in [6.07, 6.45) is 0. The van der Waals surface area contributed by atoms with E-state index in [9.17, 15) is 8.42 Å². The van der Waals surface area contributed by atoms with Crippen LogP contribution < -0.4 is 4.74 Å². The molecule has 0 aliphatic carbocycles. The molecule has 7 heteroatoms. The quantitative estimate of drug-likeness (QED) is 0.862. The summed E-state index contributed by atoms with van der Waals surface area (Å²) in [6.45, 7) is 2.43. The van der Waals surface area contributed by atoms with Gasteiger partial charge in [-0.3, -0.25) is 0 Å². The zero-order chi connectivity index (χ0) is 16.3. The third kappa shape index (κ3) is 4.50. The second kappa shape index (κ2) is 7.86. The van der Waals surface area contributed by atoms with Gasteiger partial charge in [0.1, 0.15) is 5.75 Å². The first-order valence-corrected chi connectivity index (χ1v) is 8.76. The number of nitrogens with one attached hydrogen (secondary N) is 1. The van der Waals surface area contributed by atoms with E-state index in [1.165, 1.54) is 0 Å². The molecule has 0 unspecified atom stereocenters. The van der Waals surface area contributed by atoms with Crippen LogP contribution in [0.1, 0.15) is 12.6 Å². The fourth-order valence-electron chi connectivity index (χ4n) is 2.29. The molecular weight excluding hydrogens is 336 g/mol. The maximum Gasteiger partial charge on any atom is 0.178 e. The summed E-state index contributed by atoms with van der Waals surface area (Å²) >= 11 is 0. The number of rotatable bonds is 6. The zero-order valence-corrected chi connectivity index (χ0v) is 15.4. The van der Waals surface area contributed by atoms with Crippen molar-refractivity contribution in [3.05, 3.63) is 36.0 Å². The molecule has 5 nitrogen and oxygen atoms in total. The molecule has 0 bridgehead atoms. The van der Waals surface area contributed by atoms with E-state index >= 15 is 0 Å². The lowest BCUT2D eigenvalue weighted by molar-refractivity contribution is 0.398. The van der Waals surface area contributed by atoms with Gasteiger partial charge >= 0.3 is 0 Å². The van der Waals surface area contributed by atoms with Crippen molar-refractivity contribution in [3.63, 3.8) is 0 Å². The highest BCUT2D eigenvalue weighted by molar-refractivity contribution is 7.91. The molecule has 0 spiro atoms. The van der Waals surface area contributed by atoms with Gasteiger partial charge in [-0.15, -0.1) is 12.4 Å². The molecule has 0 saturated heterocycles. The first kappa shape index (κ1) is 19.5. The number of methoxy groups -OCH3 is 1. The second-order valence-corrected chi connectivity index (χ2v) is 7.68. The number of aromatic nitrogens is 1. The Bertz CT molecular complexity index is 754. The topological polar surface area (TPSA) is 62.4 Å². The molecule has 2 rings (SSSR count). The largest absolute Gasteiger partial charge is 0.496 e. The number of hydrogen-bond donors (Lipinski definition) is 1. The van der Waals surface area contributed by atoms with E-state index in [4.69, 9.17) is 4.74 Å². The van der Waals surface area contributed by atoms with Crippen LogP contribution in [0, 0.1) is 0 Å². The Kier molecular flexibility index (Phi) is 6.68. The summed E-state index contributed by atoms with van der Waals surface area (Å²) in [6, 6.07) is 8.90. The number of benzene rings is 1. The molecule has 0 aliphatic heterocycles. The van der Waals surface area contributed by atoms with Crippen LogP contribution in [0.15, 0.2) is 35.2 Å². The molecular formula is C16H23ClN2O3S.